The van der Waals surface area contributed by atoms with E-state index in [9.17, 15) is 27.9 Å². The van der Waals surface area contributed by atoms with Crippen LogP contribution in [0.25, 0.3) is 11.1 Å². The molecule has 2 aromatic rings. The summed E-state index contributed by atoms with van der Waals surface area (Å²) >= 11 is 0. The minimum absolute atomic E-state index is 0.0215. The Morgan fingerprint density at radius 3 is 2.45 bits per heavy atom. The molecule has 0 aromatic heterocycles. The molecule has 0 radical (unpaired) electrons. The number of hydrogen-bond acceptors (Lipinski definition) is 3. The van der Waals surface area contributed by atoms with Crippen molar-refractivity contribution < 1.29 is 27.9 Å². The molecule has 1 heterocycles. The predicted molar refractivity (Wildman–Crippen MR) is 102 cm³/mol. The molecule has 1 unspecified atom stereocenters. The Kier molecular flexibility index (Phi) is 6.22. The van der Waals surface area contributed by atoms with Gasteiger partial charge in [0.05, 0.1) is 12.1 Å². The van der Waals surface area contributed by atoms with Gasteiger partial charge < -0.3 is 10.4 Å². The molecule has 29 heavy (non-hydrogen) atoms. The second-order valence-corrected chi connectivity index (χ2v) is 7.02. The molecular weight excluding hydrogens is 385 g/mol. The van der Waals surface area contributed by atoms with Gasteiger partial charge in [0, 0.05) is 5.69 Å². The Labute approximate surface area is 166 Å². The smallest absolute Gasteiger partial charge is 0.416 e. The van der Waals surface area contributed by atoms with E-state index in [1.807, 2.05) is 0 Å². The highest BCUT2D eigenvalue weighted by molar-refractivity contribution is 5.93. The van der Waals surface area contributed by atoms with Crippen molar-refractivity contribution in [3.8, 4) is 11.1 Å². The lowest BCUT2D eigenvalue weighted by atomic mass is 10.0. The van der Waals surface area contributed by atoms with Gasteiger partial charge in [0.2, 0.25) is 5.91 Å². The van der Waals surface area contributed by atoms with E-state index in [1.165, 1.54) is 6.07 Å². The van der Waals surface area contributed by atoms with E-state index in [4.69, 9.17) is 0 Å². The van der Waals surface area contributed by atoms with E-state index in [0.717, 1.165) is 25.0 Å². The average molecular weight is 406 g/mol. The predicted octanol–water partition coefficient (Wildman–Crippen LogP) is 4.25. The summed E-state index contributed by atoms with van der Waals surface area (Å²) in [5, 5.41) is 12.0. The summed E-state index contributed by atoms with van der Waals surface area (Å²) < 4.78 is 38.6. The maximum atomic E-state index is 12.9. The number of halogens is 3. The number of carboxylic acids is 1. The molecule has 1 saturated heterocycles. The van der Waals surface area contributed by atoms with Gasteiger partial charge in [-0.3, -0.25) is 14.5 Å². The lowest BCUT2D eigenvalue weighted by Gasteiger charge is -2.32. The fraction of sp³-hybridized carbons (Fsp3) is 0.333. The molecule has 1 aliphatic heterocycles. The monoisotopic (exact) mass is 406 g/mol. The number of carboxylic acid groups (broad SMARTS) is 1. The number of carbonyl (C=O) groups excluding carboxylic acids is 1. The fourth-order valence-corrected chi connectivity index (χ4v) is 3.47. The summed E-state index contributed by atoms with van der Waals surface area (Å²) in [4.78, 5) is 25.3. The second-order valence-electron chi connectivity index (χ2n) is 7.02. The van der Waals surface area contributed by atoms with E-state index in [2.05, 4.69) is 5.32 Å². The van der Waals surface area contributed by atoms with Crippen molar-refractivity contribution in [3.63, 3.8) is 0 Å². The molecule has 0 bridgehead atoms. The van der Waals surface area contributed by atoms with Crippen LogP contribution < -0.4 is 5.32 Å². The molecule has 154 valence electrons. The van der Waals surface area contributed by atoms with E-state index in [1.54, 1.807) is 35.2 Å². The molecule has 0 saturated carbocycles. The standard InChI is InChI=1S/C21H21F3N2O3/c22-21(23,24)16-5-3-4-15(12-16)14-7-9-17(10-8-14)25-19(27)13-26-11-2-1-6-18(26)20(28)29/h3-5,7-10,12,18H,1-2,6,11,13H2,(H,25,27)(H,28,29). The van der Waals surface area contributed by atoms with E-state index in [0.29, 0.717) is 29.8 Å². The molecular formula is C21H21F3N2O3. The van der Waals surface area contributed by atoms with Crippen molar-refractivity contribution in [1.82, 2.24) is 4.90 Å². The number of aliphatic carboxylic acids is 1. The van der Waals surface area contributed by atoms with Crippen LogP contribution in [0.3, 0.4) is 0 Å². The number of anilines is 1. The molecule has 0 spiro atoms. The summed E-state index contributed by atoms with van der Waals surface area (Å²) in [6, 6.07) is 10.9. The van der Waals surface area contributed by atoms with Crippen LogP contribution in [0.5, 0.6) is 0 Å². The number of hydrogen-bond donors (Lipinski definition) is 2. The van der Waals surface area contributed by atoms with Crippen LogP contribution in [-0.2, 0) is 15.8 Å². The quantitative estimate of drug-likeness (QED) is 0.779. The highest BCUT2D eigenvalue weighted by Crippen LogP contribution is 2.32. The molecule has 1 atom stereocenters. The number of benzene rings is 2. The minimum Gasteiger partial charge on any atom is -0.480 e. The molecule has 3 rings (SSSR count). The zero-order valence-corrected chi connectivity index (χ0v) is 15.6. The van der Waals surface area contributed by atoms with Gasteiger partial charge in [-0.25, -0.2) is 0 Å². The average Bonchev–Trinajstić information content (AvgIpc) is 2.68. The van der Waals surface area contributed by atoms with Crippen molar-refractivity contribution >= 4 is 17.6 Å². The van der Waals surface area contributed by atoms with Gasteiger partial charge in [0.15, 0.2) is 0 Å². The third-order valence-corrected chi connectivity index (χ3v) is 4.94. The van der Waals surface area contributed by atoms with Crippen LogP contribution in [0.4, 0.5) is 18.9 Å². The van der Waals surface area contributed by atoms with Gasteiger partial charge in [-0.05, 0) is 54.8 Å². The van der Waals surface area contributed by atoms with E-state index >= 15 is 0 Å². The molecule has 5 nitrogen and oxygen atoms in total. The Morgan fingerprint density at radius 2 is 1.79 bits per heavy atom. The molecule has 2 N–H and O–H groups in total. The molecule has 0 aliphatic carbocycles. The topological polar surface area (TPSA) is 69.6 Å². The summed E-state index contributed by atoms with van der Waals surface area (Å²) in [6.45, 7) is 0.533. The number of nitrogens with zero attached hydrogens (tertiary/aromatic N) is 1. The first-order valence-electron chi connectivity index (χ1n) is 9.28. The number of rotatable bonds is 5. The maximum Gasteiger partial charge on any atom is 0.416 e. The first-order valence-corrected chi connectivity index (χ1v) is 9.28. The number of piperidine rings is 1. The zero-order valence-electron chi connectivity index (χ0n) is 15.6. The lowest BCUT2D eigenvalue weighted by Crippen LogP contribution is -2.47. The number of carbonyl (C=O) groups is 2. The van der Waals surface area contributed by atoms with Crippen molar-refractivity contribution in [3.05, 3.63) is 54.1 Å². The Balaban J connectivity index is 1.65. The molecule has 2 aromatic carbocycles. The first kappa shape index (κ1) is 20.9. The summed E-state index contributed by atoms with van der Waals surface area (Å²) in [5.41, 5.74) is 0.794. The Morgan fingerprint density at radius 1 is 1.07 bits per heavy atom. The van der Waals surface area contributed by atoms with Crippen LogP contribution >= 0.6 is 0 Å². The van der Waals surface area contributed by atoms with Crippen LogP contribution in [0.15, 0.2) is 48.5 Å². The molecule has 1 fully saturated rings. The fourth-order valence-electron chi connectivity index (χ4n) is 3.47. The van der Waals surface area contributed by atoms with E-state index in [-0.39, 0.29) is 12.5 Å². The van der Waals surface area contributed by atoms with Crippen molar-refractivity contribution in [1.29, 1.82) is 0 Å². The molecule has 1 amide bonds. The van der Waals surface area contributed by atoms with Crippen molar-refractivity contribution in [2.75, 3.05) is 18.4 Å². The Hall–Kier alpha value is -2.87. The van der Waals surface area contributed by atoms with Crippen molar-refractivity contribution in [2.45, 2.75) is 31.5 Å². The minimum atomic E-state index is -4.41. The second kappa shape index (κ2) is 8.65. The van der Waals surface area contributed by atoms with Gasteiger partial charge >= 0.3 is 12.1 Å². The SMILES string of the molecule is O=C(CN1CCCCC1C(=O)O)Nc1ccc(-c2cccc(C(F)(F)F)c2)cc1. The number of likely N-dealkylation sites (tertiary alicyclic amines) is 1. The van der Waals surface area contributed by atoms with Gasteiger partial charge in [-0.1, -0.05) is 30.7 Å². The van der Waals surface area contributed by atoms with Crippen LogP contribution in [0.2, 0.25) is 0 Å². The van der Waals surface area contributed by atoms with Crippen LogP contribution in [0.1, 0.15) is 24.8 Å². The van der Waals surface area contributed by atoms with E-state index < -0.39 is 23.8 Å². The third-order valence-electron chi connectivity index (χ3n) is 4.94. The number of nitrogens with one attached hydrogen (secondary N) is 1. The summed E-state index contributed by atoms with van der Waals surface area (Å²) in [5.74, 6) is -1.26. The first-order chi connectivity index (χ1) is 13.7. The maximum absolute atomic E-state index is 12.9. The largest absolute Gasteiger partial charge is 0.480 e. The normalized spacial score (nSPS) is 17.7. The van der Waals surface area contributed by atoms with Gasteiger partial charge in [-0.2, -0.15) is 13.2 Å². The summed E-state index contributed by atoms with van der Waals surface area (Å²) in [6.07, 6.45) is -2.21. The lowest BCUT2D eigenvalue weighted by molar-refractivity contribution is -0.145. The zero-order chi connectivity index (χ0) is 21.0. The van der Waals surface area contributed by atoms with Crippen LogP contribution in [-0.4, -0.2) is 41.0 Å². The van der Waals surface area contributed by atoms with Gasteiger partial charge in [0.1, 0.15) is 6.04 Å². The van der Waals surface area contributed by atoms with Crippen LogP contribution in [0, 0.1) is 0 Å². The van der Waals surface area contributed by atoms with Crippen molar-refractivity contribution in [2.24, 2.45) is 0 Å². The molecule has 1 aliphatic rings. The van der Waals surface area contributed by atoms with Gasteiger partial charge in [-0.15, -0.1) is 0 Å². The third kappa shape index (κ3) is 5.35. The Bertz CT molecular complexity index is 881. The summed E-state index contributed by atoms with van der Waals surface area (Å²) in [7, 11) is 0. The number of amides is 1. The number of alkyl halides is 3. The highest BCUT2D eigenvalue weighted by atomic mass is 19.4. The molecule has 8 heteroatoms. The van der Waals surface area contributed by atoms with Gasteiger partial charge in [0.25, 0.3) is 0 Å². The highest BCUT2D eigenvalue weighted by Gasteiger charge is 2.31.